The molecule has 6 heteroatoms. The van der Waals surface area contributed by atoms with Gasteiger partial charge in [-0.1, -0.05) is 55.8 Å². The lowest BCUT2D eigenvalue weighted by Crippen LogP contribution is -2.29. The van der Waals surface area contributed by atoms with Gasteiger partial charge in [0.1, 0.15) is 17.1 Å². The van der Waals surface area contributed by atoms with Crippen molar-refractivity contribution in [3.05, 3.63) is 82.0 Å². The van der Waals surface area contributed by atoms with Crippen LogP contribution in [-0.2, 0) is 0 Å². The molecule has 2 heterocycles. The number of aromatic hydroxyl groups is 1. The number of halogens is 1. The Morgan fingerprint density at radius 1 is 1.30 bits per heavy atom. The van der Waals surface area contributed by atoms with Gasteiger partial charge in [0.2, 0.25) is 0 Å². The zero-order valence-electron chi connectivity index (χ0n) is 17.2. The number of aryl methyl sites for hydroxylation is 1. The summed E-state index contributed by atoms with van der Waals surface area (Å²) in [6.45, 7) is 10.3. The van der Waals surface area contributed by atoms with Gasteiger partial charge in [0.15, 0.2) is 0 Å². The molecule has 2 N–H and O–H groups in total. The van der Waals surface area contributed by atoms with Crippen molar-refractivity contribution in [3.63, 3.8) is 0 Å². The number of fused-ring (bicyclic) bond motifs is 1. The molecule has 0 spiro atoms. The van der Waals surface area contributed by atoms with Crippen molar-refractivity contribution in [2.45, 2.75) is 32.7 Å². The molecule has 5 nitrogen and oxygen atoms in total. The molecule has 0 saturated heterocycles. The number of nitrogens with zero attached hydrogens (tertiary/aromatic N) is 2. The average Bonchev–Trinajstić information content (AvgIpc) is 3.25. The van der Waals surface area contributed by atoms with Gasteiger partial charge < -0.3 is 10.0 Å². The SMILES string of the molecule is C=CCN1C(=O)c2[nH]nc(-c3cc(Cl)c(C)cc3O)c2C1c1ccc(C(C)C)cc1. The Hall–Kier alpha value is -3.05. The van der Waals surface area contributed by atoms with Gasteiger partial charge in [-0.05, 0) is 41.7 Å². The smallest absolute Gasteiger partial charge is 0.273 e. The number of nitrogens with one attached hydrogen (secondary N) is 1. The monoisotopic (exact) mass is 421 g/mol. The van der Waals surface area contributed by atoms with E-state index in [2.05, 4.69) is 54.9 Å². The fourth-order valence-electron chi connectivity index (χ4n) is 4.00. The number of carbonyl (C=O) groups is 1. The van der Waals surface area contributed by atoms with Crippen molar-refractivity contribution in [1.82, 2.24) is 15.1 Å². The Morgan fingerprint density at radius 3 is 2.63 bits per heavy atom. The van der Waals surface area contributed by atoms with E-state index < -0.39 is 0 Å². The number of benzene rings is 2. The third-order valence-electron chi connectivity index (χ3n) is 5.64. The van der Waals surface area contributed by atoms with E-state index in [-0.39, 0.29) is 17.7 Å². The molecule has 4 rings (SSSR count). The van der Waals surface area contributed by atoms with E-state index >= 15 is 0 Å². The maximum Gasteiger partial charge on any atom is 0.273 e. The van der Waals surface area contributed by atoms with Crippen molar-refractivity contribution in [3.8, 4) is 17.0 Å². The van der Waals surface area contributed by atoms with Crippen LogP contribution in [0, 0.1) is 6.92 Å². The third-order valence-corrected chi connectivity index (χ3v) is 6.05. The number of carbonyl (C=O) groups excluding carboxylic acids is 1. The molecule has 1 atom stereocenters. The molecule has 154 valence electrons. The summed E-state index contributed by atoms with van der Waals surface area (Å²) in [6, 6.07) is 11.3. The fourth-order valence-corrected chi connectivity index (χ4v) is 4.16. The maximum absolute atomic E-state index is 13.1. The number of H-pyrrole nitrogens is 1. The number of rotatable bonds is 5. The van der Waals surface area contributed by atoms with Crippen LogP contribution in [-0.4, -0.2) is 32.7 Å². The van der Waals surface area contributed by atoms with Crippen LogP contribution >= 0.6 is 11.6 Å². The zero-order valence-corrected chi connectivity index (χ0v) is 18.0. The van der Waals surface area contributed by atoms with Crippen molar-refractivity contribution < 1.29 is 9.90 Å². The van der Waals surface area contributed by atoms with Crippen LogP contribution < -0.4 is 0 Å². The summed E-state index contributed by atoms with van der Waals surface area (Å²) in [5.74, 6) is 0.356. The minimum absolute atomic E-state index is 0.0784. The summed E-state index contributed by atoms with van der Waals surface area (Å²) < 4.78 is 0. The van der Waals surface area contributed by atoms with Crippen molar-refractivity contribution in [2.75, 3.05) is 6.54 Å². The predicted octanol–water partition coefficient (Wildman–Crippen LogP) is 5.60. The van der Waals surface area contributed by atoms with Gasteiger partial charge in [-0.15, -0.1) is 6.58 Å². The van der Waals surface area contributed by atoms with E-state index in [1.807, 2.05) is 6.92 Å². The van der Waals surface area contributed by atoms with Crippen LogP contribution in [0.3, 0.4) is 0 Å². The molecule has 1 aliphatic rings. The van der Waals surface area contributed by atoms with E-state index in [4.69, 9.17) is 11.6 Å². The van der Waals surface area contributed by atoms with Crippen LogP contribution in [0.15, 0.2) is 49.1 Å². The highest BCUT2D eigenvalue weighted by atomic mass is 35.5. The molecule has 1 amide bonds. The first-order valence-electron chi connectivity index (χ1n) is 9.93. The van der Waals surface area contributed by atoms with Crippen LogP contribution in [0.1, 0.15) is 58.5 Å². The molecular formula is C24H24ClN3O2. The molecule has 0 radical (unpaired) electrons. The number of aromatic nitrogens is 2. The average molecular weight is 422 g/mol. The number of amides is 1. The lowest BCUT2D eigenvalue weighted by atomic mass is 9.93. The Morgan fingerprint density at radius 2 is 2.00 bits per heavy atom. The normalized spacial score (nSPS) is 15.7. The molecule has 1 aromatic heterocycles. The van der Waals surface area contributed by atoms with Crippen LogP contribution in [0.4, 0.5) is 0 Å². The van der Waals surface area contributed by atoms with E-state index in [0.29, 0.717) is 34.4 Å². The first-order chi connectivity index (χ1) is 14.3. The number of phenols is 1. The molecule has 0 aliphatic carbocycles. The minimum Gasteiger partial charge on any atom is -0.507 e. The van der Waals surface area contributed by atoms with Gasteiger partial charge in [0.25, 0.3) is 5.91 Å². The molecule has 1 unspecified atom stereocenters. The first-order valence-corrected chi connectivity index (χ1v) is 10.3. The van der Waals surface area contributed by atoms with E-state index in [9.17, 15) is 9.90 Å². The summed E-state index contributed by atoms with van der Waals surface area (Å²) in [7, 11) is 0. The van der Waals surface area contributed by atoms with Gasteiger partial charge in [0.05, 0.1) is 6.04 Å². The third kappa shape index (κ3) is 3.19. The van der Waals surface area contributed by atoms with Crippen molar-refractivity contribution in [1.29, 1.82) is 0 Å². The molecule has 1 aliphatic heterocycles. The second-order valence-electron chi connectivity index (χ2n) is 7.95. The summed E-state index contributed by atoms with van der Waals surface area (Å²) in [5, 5.41) is 18.4. The molecule has 3 aromatic rings. The fraction of sp³-hybridized carbons (Fsp3) is 0.250. The molecular weight excluding hydrogens is 398 g/mol. The van der Waals surface area contributed by atoms with E-state index in [0.717, 1.165) is 16.7 Å². The summed E-state index contributed by atoms with van der Waals surface area (Å²) >= 11 is 6.32. The van der Waals surface area contributed by atoms with Crippen LogP contribution in [0.5, 0.6) is 5.75 Å². The van der Waals surface area contributed by atoms with Gasteiger partial charge in [-0.3, -0.25) is 9.89 Å². The highest BCUT2D eigenvalue weighted by molar-refractivity contribution is 6.31. The number of hydrogen-bond donors (Lipinski definition) is 2. The van der Waals surface area contributed by atoms with Gasteiger partial charge in [0, 0.05) is 22.7 Å². The minimum atomic E-state index is -0.333. The Labute approximate surface area is 181 Å². The first kappa shape index (κ1) is 20.2. The van der Waals surface area contributed by atoms with Crippen molar-refractivity contribution in [2.24, 2.45) is 0 Å². The van der Waals surface area contributed by atoms with Gasteiger partial charge in [-0.2, -0.15) is 5.10 Å². The quantitative estimate of drug-likeness (QED) is 0.527. The molecule has 30 heavy (non-hydrogen) atoms. The predicted molar refractivity (Wildman–Crippen MR) is 119 cm³/mol. The molecule has 0 saturated carbocycles. The van der Waals surface area contributed by atoms with E-state index in [1.54, 1.807) is 23.1 Å². The number of aromatic amines is 1. The largest absolute Gasteiger partial charge is 0.507 e. The molecule has 2 aromatic carbocycles. The standard InChI is InChI=1S/C24H24ClN3O2/c1-5-10-28-23(16-8-6-15(7-9-16)13(2)3)20-21(26-27-22(20)24(28)30)17-12-18(25)14(4)11-19(17)29/h5-9,11-13,23,29H,1,10H2,2-4H3,(H,26,27). The van der Waals surface area contributed by atoms with Crippen LogP contribution in [0.2, 0.25) is 5.02 Å². The highest BCUT2D eigenvalue weighted by Gasteiger charge is 2.42. The zero-order chi connectivity index (χ0) is 21.6. The highest BCUT2D eigenvalue weighted by Crippen LogP contribution is 2.45. The second-order valence-corrected chi connectivity index (χ2v) is 8.36. The van der Waals surface area contributed by atoms with E-state index in [1.165, 1.54) is 5.56 Å². The summed E-state index contributed by atoms with van der Waals surface area (Å²) in [4.78, 5) is 14.9. The lowest BCUT2D eigenvalue weighted by molar-refractivity contribution is 0.0764. The van der Waals surface area contributed by atoms with Crippen LogP contribution in [0.25, 0.3) is 11.3 Å². The van der Waals surface area contributed by atoms with Crippen molar-refractivity contribution >= 4 is 17.5 Å². The second kappa shape index (κ2) is 7.65. The number of hydrogen-bond acceptors (Lipinski definition) is 3. The Balaban J connectivity index is 1.90. The van der Waals surface area contributed by atoms with Gasteiger partial charge >= 0.3 is 0 Å². The summed E-state index contributed by atoms with van der Waals surface area (Å²) in [6.07, 6.45) is 1.71. The lowest BCUT2D eigenvalue weighted by Gasteiger charge is -2.25. The topological polar surface area (TPSA) is 69.2 Å². The number of phenolic OH excluding ortho intramolecular Hbond substituents is 1. The maximum atomic E-state index is 13.1. The molecule has 0 bridgehead atoms. The Kier molecular flexibility index (Phi) is 5.16. The Bertz CT molecular complexity index is 1130. The van der Waals surface area contributed by atoms with Gasteiger partial charge in [-0.25, -0.2) is 0 Å². The summed E-state index contributed by atoms with van der Waals surface area (Å²) in [5.41, 5.74) is 5.19. The molecule has 0 fully saturated rings.